The molecule has 1 rings (SSSR count). The SMILES string of the molecule is O=C(O)CC1CN(CC(=O)O)CCN(CC(=O)O)CCN1CC(=O)O. The molecule has 1 saturated heterocycles. The van der Waals surface area contributed by atoms with Gasteiger partial charge in [0.1, 0.15) is 0 Å². The van der Waals surface area contributed by atoms with E-state index in [0.29, 0.717) is 6.54 Å². The lowest BCUT2D eigenvalue weighted by molar-refractivity contribution is -0.143. The van der Waals surface area contributed by atoms with Gasteiger partial charge in [0.15, 0.2) is 0 Å². The molecule has 1 heterocycles. The van der Waals surface area contributed by atoms with Crippen LogP contribution in [0.4, 0.5) is 0 Å². The van der Waals surface area contributed by atoms with Crippen molar-refractivity contribution in [2.45, 2.75) is 12.5 Å². The highest BCUT2D eigenvalue weighted by Gasteiger charge is 2.29. The van der Waals surface area contributed by atoms with E-state index < -0.39 is 36.5 Å². The summed E-state index contributed by atoms with van der Waals surface area (Å²) in [5.74, 6) is -4.39. The minimum Gasteiger partial charge on any atom is -0.481 e. The van der Waals surface area contributed by atoms with Gasteiger partial charge in [0.2, 0.25) is 0 Å². The summed E-state index contributed by atoms with van der Waals surface area (Å²) < 4.78 is 0. The van der Waals surface area contributed by atoms with E-state index >= 15 is 0 Å². The molecule has 1 aliphatic heterocycles. The first kappa shape index (κ1) is 20.8. The largest absolute Gasteiger partial charge is 0.481 e. The van der Waals surface area contributed by atoms with Gasteiger partial charge in [-0.15, -0.1) is 0 Å². The Kier molecular flexibility index (Phi) is 8.25. The highest BCUT2D eigenvalue weighted by atomic mass is 16.4. The normalized spacial score (nSPS) is 21.0. The molecule has 0 radical (unpaired) electrons. The smallest absolute Gasteiger partial charge is 0.317 e. The highest BCUT2D eigenvalue weighted by Crippen LogP contribution is 2.11. The van der Waals surface area contributed by atoms with Crippen LogP contribution in [0.5, 0.6) is 0 Å². The molecule has 1 atom stereocenters. The molecule has 25 heavy (non-hydrogen) atoms. The third kappa shape index (κ3) is 8.42. The van der Waals surface area contributed by atoms with Crippen LogP contribution in [-0.4, -0.2) is 117 Å². The molecule has 11 nitrogen and oxygen atoms in total. The molecule has 0 bridgehead atoms. The molecule has 0 aromatic carbocycles. The van der Waals surface area contributed by atoms with E-state index in [-0.39, 0.29) is 45.7 Å². The zero-order chi connectivity index (χ0) is 19.0. The molecule has 1 fully saturated rings. The number of carbonyl (C=O) groups is 4. The van der Waals surface area contributed by atoms with Crippen LogP contribution in [0.3, 0.4) is 0 Å². The maximum Gasteiger partial charge on any atom is 0.317 e. The summed E-state index contributed by atoms with van der Waals surface area (Å²) in [5.41, 5.74) is 0. The van der Waals surface area contributed by atoms with Crippen molar-refractivity contribution in [1.29, 1.82) is 0 Å². The molecule has 0 aromatic heterocycles. The first-order valence-corrected chi connectivity index (χ1v) is 7.73. The van der Waals surface area contributed by atoms with Gasteiger partial charge in [0, 0.05) is 38.8 Å². The molecule has 11 heteroatoms. The van der Waals surface area contributed by atoms with Crippen molar-refractivity contribution in [3.63, 3.8) is 0 Å². The lowest BCUT2D eigenvalue weighted by atomic mass is 10.1. The summed E-state index contributed by atoms with van der Waals surface area (Å²) in [6.45, 7) is 0.0435. The van der Waals surface area contributed by atoms with Crippen molar-refractivity contribution in [3.05, 3.63) is 0 Å². The molecule has 0 aromatic rings. The van der Waals surface area contributed by atoms with Crippen molar-refractivity contribution < 1.29 is 39.6 Å². The number of rotatable bonds is 8. The Bertz CT molecular complexity index is 512. The van der Waals surface area contributed by atoms with Crippen LogP contribution in [0.1, 0.15) is 6.42 Å². The van der Waals surface area contributed by atoms with Gasteiger partial charge in [-0.05, 0) is 0 Å². The van der Waals surface area contributed by atoms with Gasteiger partial charge in [-0.25, -0.2) is 0 Å². The average molecular weight is 361 g/mol. The minimum absolute atomic E-state index is 0.0762. The summed E-state index contributed by atoms with van der Waals surface area (Å²) in [4.78, 5) is 48.7. The van der Waals surface area contributed by atoms with Crippen LogP contribution in [0.25, 0.3) is 0 Å². The second-order valence-electron chi connectivity index (χ2n) is 5.91. The third-order valence-electron chi connectivity index (χ3n) is 3.89. The van der Waals surface area contributed by atoms with Gasteiger partial charge in [0.25, 0.3) is 0 Å². The Morgan fingerprint density at radius 3 is 1.68 bits per heavy atom. The van der Waals surface area contributed by atoms with Crippen molar-refractivity contribution in [2.75, 3.05) is 52.4 Å². The third-order valence-corrected chi connectivity index (χ3v) is 3.89. The first-order chi connectivity index (χ1) is 11.7. The molecular formula is C14H23N3O8. The quantitative estimate of drug-likeness (QED) is 0.379. The Labute approximate surface area is 144 Å². The maximum absolute atomic E-state index is 11.1. The zero-order valence-electron chi connectivity index (χ0n) is 13.7. The Hall–Kier alpha value is -2.24. The van der Waals surface area contributed by atoms with Gasteiger partial charge in [-0.2, -0.15) is 0 Å². The van der Waals surface area contributed by atoms with Gasteiger partial charge in [-0.1, -0.05) is 0 Å². The number of hydrogen-bond donors (Lipinski definition) is 4. The number of nitrogens with zero attached hydrogens (tertiary/aromatic N) is 3. The molecule has 0 amide bonds. The topological polar surface area (TPSA) is 159 Å². The van der Waals surface area contributed by atoms with E-state index in [4.69, 9.17) is 20.4 Å². The molecule has 0 spiro atoms. The molecular weight excluding hydrogens is 338 g/mol. The second-order valence-corrected chi connectivity index (χ2v) is 5.91. The molecule has 1 unspecified atom stereocenters. The standard InChI is InChI=1S/C14H23N3O8/c18-11(19)5-10-6-16(8-13(22)23)2-1-15(7-12(20)21)3-4-17(10)9-14(24)25/h10H,1-9H2,(H,18,19)(H,20,21)(H,22,23)(H,24,25). The van der Waals surface area contributed by atoms with Gasteiger partial charge >= 0.3 is 23.9 Å². The molecule has 142 valence electrons. The van der Waals surface area contributed by atoms with E-state index in [9.17, 15) is 19.2 Å². The Morgan fingerprint density at radius 2 is 1.16 bits per heavy atom. The predicted octanol–water partition coefficient (Wildman–Crippen LogP) is -2.00. The summed E-state index contributed by atoms with van der Waals surface area (Å²) in [5, 5.41) is 36.1. The van der Waals surface area contributed by atoms with Crippen LogP contribution in [0, 0.1) is 0 Å². The second kappa shape index (κ2) is 9.91. The number of hydrogen-bond acceptors (Lipinski definition) is 7. The molecule has 1 aliphatic rings. The van der Waals surface area contributed by atoms with Crippen LogP contribution in [-0.2, 0) is 19.2 Å². The van der Waals surface area contributed by atoms with Gasteiger partial charge in [0.05, 0.1) is 26.1 Å². The van der Waals surface area contributed by atoms with Crippen molar-refractivity contribution >= 4 is 23.9 Å². The van der Waals surface area contributed by atoms with Crippen LogP contribution < -0.4 is 0 Å². The molecule has 0 saturated carbocycles. The van der Waals surface area contributed by atoms with Gasteiger partial charge in [-0.3, -0.25) is 33.9 Å². The summed E-state index contributed by atoms with van der Waals surface area (Å²) >= 11 is 0. The highest BCUT2D eigenvalue weighted by molar-refractivity contribution is 5.71. The fraction of sp³-hybridized carbons (Fsp3) is 0.714. The van der Waals surface area contributed by atoms with E-state index in [1.165, 1.54) is 9.80 Å². The lowest BCUT2D eigenvalue weighted by Crippen LogP contribution is -2.48. The average Bonchev–Trinajstić information content (AvgIpc) is 2.50. The van der Waals surface area contributed by atoms with Crippen LogP contribution in [0.2, 0.25) is 0 Å². The summed E-state index contributed by atoms with van der Waals surface area (Å²) in [7, 11) is 0. The summed E-state index contributed by atoms with van der Waals surface area (Å²) in [6.07, 6.45) is -0.331. The first-order valence-electron chi connectivity index (χ1n) is 7.73. The van der Waals surface area contributed by atoms with Crippen molar-refractivity contribution in [2.24, 2.45) is 0 Å². The summed E-state index contributed by atoms with van der Waals surface area (Å²) in [6, 6.07) is -0.683. The van der Waals surface area contributed by atoms with Gasteiger partial charge < -0.3 is 20.4 Å². The monoisotopic (exact) mass is 361 g/mol. The predicted molar refractivity (Wildman–Crippen MR) is 83.4 cm³/mol. The van der Waals surface area contributed by atoms with Crippen LogP contribution >= 0.6 is 0 Å². The van der Waals surface area contributed by atoms with Crippen LogP contribution in [0.15, 0.2) is 0 Å². The van der Waals surface area contributed by atoms with E-state index in [1.807, 2.05) is 0 Å². The van der Waals surface area contributed by atoms with E-state index in [1.54, 1.807) is 4.90 Å². The number of carboxylic acid groups (broad SMARTS) is 4. The number of carboxylic acids is 4. The fourth-order valence-electron chi connectivity index (χ4n) is 2.81. The molecule has 0 aliphatic carbocycles. The lowest BCUT2D eigenvalue weighted by Gasteiger charge is -2.32. The minimum atomic E-state index is -1.13. The van der Waals surface area contributed by atoms with E-state index in [2.05, 4.69) is 0 Å². The zero-order valence-corrected chi connectivity index (χ0v) is 13.7. The number of aliphatic carboxylic acids is 4. The Balaban J connectivity index is 3.01. The van der Waals surface area contributed by atoms with Crippen molar-refractivity contribution in [3.8, 4) is 0 Å². The molecule has 4 N–H and O–H groups in total. The fourth-order valence-corrected chi connectivity index (χ4v) is 2.81. The van der Waals surface area contributed by atoms with E-state index in [0.717, 1.165) is 0 Å². The Morgan fingerprint density at radius 1 is 0.680 bits per heavy atom. The van der Waals surface area contributed by atoms with Crippen molar-refractivity contribution in [1.82, 2.24) is 14.7 Å². The maximum atomic E-state index is 11.1.